The molecule has 1 aromatic heterocycles. The molecule has 2 aromatic rings. The average molecular weight is 292 g/mol. The number of benzene rings is 1. The molecule has 0 aliphatic heterocycles. The van der Waals surface area contributed by atoms with Crippen LogP contribution in [0.4, 0.5) is 0 Å². The number of thioether (sulfide) groups is 1. The molecule has 2 N–H and O–H groups in total. The third-order valence-corrected chi connectivity index (χ3v) is 4.78. The Hall–Kier alpha value is -1.60. The highest BCUT2D eigenvalue weighted by Gasteiger charge is 2.26. The van der Waals surface area contributed by atoms with Crippen LogP contribution in [0.15, 0.2) is 29.4 Å². The molecule has 1 aliphatic carbocycles. The minimum absolute atomic E-state index is 0.144. The van der Waals surface area contributed by atoms with Crippen LogP contribution in [0.25, 0.3) is 5.69 Å². The number of nitrogens with zero attached hydrogens (tertiary/aromatic N) is 4. The van der Waals surface area contributed by atoms with E-state index in [1.54, 1.807) is 28.9 Å². The second-order valence-electron chi connectivity index (χ2n) is 4.90. The van der Waals surface area contributed by atoms with Crippen molar-refractivity contribution in [2.75, 3.05) is 0 Å². The summed E-state index contributed by atoms with van der Waals surface area (Å²) in [6.07, 6.45) is 3.75. The molecule has 0 saturated heterocycles. The first-order valence-corrected chi connectivity index (χ1v) is 7.54. The summed E-state index contributed by atoms with van der Waals surface area (Å²) in [6, 6.07) is 6.71. The summed E-state index contributed by atoms with van der Waals surface area (Å²) in [5.41, 5.74) is 0.792. The summed E-state index contributed by atoms with van der Waals surface area (Å²) in [5, 5.41) is 31.9. The van der Waals surface area contributed by atoms with E-state index in [2.05, 4.69) is 15.5 Å². The Balaban J connectivity index is 1.81. The summed E-state index contributed by atoms with van der Waals surface area (Å²) < 4.78 is 1.63. The van der Waals surface area contributed by atoms with Crippen LogP contribution in [0.1, 0.15) is 25.7 Å². The molecule has 0 amide bonds. The normalized spacial score (nSPS) is 22.9. The molecule has 1 fully saturated rings. The van der Waals surface area contributed by atoms with Gasteiger partial charge in [0.1, 0.15) is 5.75 Å². The van der Waals surface area contributed by atoms with Gasteiger partial charge in [-0.15, -0.1) is 5.10 Å². The van der Waals surface area contributed by atoms with Gasteiger partial charge in [0.15, 0.2) is 0 Å². The number of aromatic hydroxyl groups is 1. The zero-order chi connectivity index (χ0) is 13.9. The molecule has 0 radical (unpaired) electrons. The van der Waals surface area contributed by atoms with Crippen molar-refractivity contribution in [2.45, 2.75) is 42.2 Å². The first-order valence-electron chi connectivity index (χ1n) is 6.66. The average Bonchev–Trinajstić information content (AvgIpc) is 2.90. The minimum Gasteiger partial charge on any atom is -0.508 e. The maximum atomic E-state index is 10.0. The largest absolute Gasteiger partial charge is 0.508 e. The van der Waals surface area contributed by atoms with Gasteiger partial charge in [-0.05, 0) is 47.5 Å². The van der Waals surface area contributed by atoms with Crippen LogP contribution < -0.4 is 0 Å². The Morgan fingerprint density at radius 3 is 2.65 bits per heavy atom. The van der Waals surface area contributed by atoms with Crippen molar-refractivity contribution < 1.29 is 10.2 Å². The molecule has 1 saturated carbocycles. The maximum Gasteiger partial charge on any atom is 0.214 e. The Kier molecular flexibility index (Phi) is 3.88. The Labute approximate surface area is 120 Å². The molecule has 1 aromatic carbocycles. The molecular weight excluding hydrogens is 276 g/mol. The lowest BCUT2D eigenvalue weighted by Crippen LogP contribution is -2.27. The highest BCUT2D eigenvalue weighted by molar-refractivity contribution is 7.99. The maximum absolute atomic E-state index is 10.0. The number of phenols is 1. The Bertz CT molecular complexity index is 572. The molecule has 6 nitrogen and oxygen atoms in total. The zero-order valence-corrected chi connectivity index (χ0v) is 11.7. The molecule has 20 heavy (non-hydrogen) atoms. The van der Waals surface area contributed by atoms with Crippen molar-refractivity contribution in [1.29, 1.82) is 0 Å². The SMILES string of the molecule is Oc1ccc(-n2nnnc2S[C@H]2CCCC[C@@H]2O)cc1. The summed E-state index contributed by atoms with van der Waals surface area (Å²) in [7, 11) is 0. The van der Waals surface area contributed by atoms with Gasteiger partial charge in [0.05, 0.1) is 11.8 Å². The molecule has 0 spiro atoms. The van der Waals surface area contributed by atoms with E-state index < -0.39 is 0 Å². The van der Waals surface area contributed by atoms with Crippen molar-refractivity contribution >= 4 is 11.8 Å². The van der Waals surface area contributed by atoms with E-state index in [-0.39, 0.29) is 17.1 Å². The lowest BCUT2D eigenvalue weighted by molar-refractivity contribution is 0.137. The topological polar surface area (TPSA) is 84.1 Å². The van der Waals surface area contributed by atoms with Crippen molar-refractivity contribution in [3.63, 3.8) is 0 Å². The van der Waals surface area contributed by atoms with Gasteiger partial charge in [0, 0.05) is 5.25 Å². The number of aliphatic hydroxyl groups excluding tert-OH is 1. The van der Waals surface area contributed by atoms with Crippen molar-refractivity contribution in [1.82, 2.24) is 20.2 Å². The molecule has 2 atom stereocenters. The van der Waals surface area contributed by atoms with Gasteiger partial charge in [-0.2, -0.15) is 4.68 Å². The van der Waals surface area contributed by atoms with Gasteiger partial charge < -0.3 is 10.2 Å². The summed E-state index contributed by atoms with van der Waals surface area (Å²) in [4.78, 5) is 0. The van der Waals surface area contributed by atoms with Crippen LogP contribution in [0.2, 0.25) is 0 Å². The number of hydrogen-bond acceptors (Lipinski definition) is 6. The van der Waals surface area contributed by atoms with Crippen LogP contribution in [0.5, 0.6) is 5.75 Å². The molecule has 1 heterocycles. The van der Waals surface area contributed by atoms with Gasteiger partial charge in [0.25, 0.3) is 0 Å². The standard InChI is InChI=1S/C13H16N4O2S/c18-10-7-5-9(6-8-10)17-13(14-15-16-17)20-12-4-2-1-3-11(12)19/h5-8,11-12,18-19H,1-4H2/t11-,12-/m0/s1. The molecule has 7 heteroatoms. The minimum atomic E-state index is -0.293. The van der Waals surface area contributed by atoms with Crippen LogP contribution >= 0.6 is 11.8 Å². The van der Waals surface area contributed by atoms with E-state index >= 15 is 0 Å². The fourth-order valence-corrected chi connectivity index (χ4v) is 3.53. The number of aliphatic hydroxyl groups is 1. The van der Waals surface area contributed by atoms with E-state index in [1.807, 2.05) is 0 Å². The van der Waals surface area contributed by atoms with Gasteiger partial charge in [0.2, 0.25) is 5.16 Å². The van der Waals surface area contributed by atoms with E-state index in [1.165, 1.54) is 11.8 Å². The van der Waals surface area contributed by atoms with E-state index in [4.69, 9.17) is 0 Å². The molecule has 0 unspecified atom stereocenters. The van der Waals surface area contributed by atoms with Gasteiger partial charge in [-0.25, -0.2) is 0 Å². The molecule has 3 rings (SSSR count). The highest BCUT2D eigenvalue weighted by atomic mass is 32.2. The highest BCUT2D eigenvalue weighted by Crippen LogP contribution is 2.33. The fraction of sp³-hybridized carbons (Fsp3) is 0.462. The van der Waals surface area contributed by atoms with Crippen molar-refractivity contribution in [3.8, 4) is 11.4 Å². The predicted octanol–water partition coefficient (Wildman–Crippen LogP) is 1.76. The van der Waals surface area contributed by atoms with Gasteiger partial charge >= 0.3 is 0 Å². The first-order chi connectivity index (χ1) is 9.74. The molecule has 1 aliphatic rings. The van der Waals surface area contributed by atoms with Gasteiger partial charge in [-0.3, -0.25) is 0 Å². The number of tetrazole rings is 1. The lowest BCUT2D eigenvalue weighted by atomic mass is 9.97. The van der Waals surface area contributed by atoms with Crippen molar-refractivity contribution in [3.05, 3.63) is 24.3 Å². The van der Waals surface area contributed by atoms with Crippen LogP contribution in [-0.2, 0) is 0 Å². The zero-order valence-electron chi connectivity index (χ0n) is 10.9. The number of phenolic OH excluding ortho intramolecular Hbond substituents is 1. The smallest absolute Gasteiger partial charge is 0.214 e. The molecule has 106 valence electrons. The second-order valence-corrected chi connectivity index (χ2v) is 6.10. The summed E-state index contributed by atoms with van der Waals surface area (Å²) in [6.45, 7) is 0. The lowest BCUT2D eigenvalue weighted by Gasteiger charge is -2.26. The number of aromatic nitrogens is 4. The van der Waals surface area contributed by atoms with Gasteiger partial charge in [-0.1, -0.05) is 24.6 Å². The molecular formula is C13H16N4O2S. The third kappa shape index (κ3) is 2.78. The summed E-state index contributed by atoms with van der Waals surface area (Å²) in [5.74, 6) is 0.207. The van der Waals surface area contributed by atoms with E-state index in [9.17, 15) is 10.2 Å². The van der Waals surface area contributed by atoms with E-state index in [0.29, 0.717) is 5.16 Å². The fourth-order valence-electron chi connectivity index (χ4n) is 2.36. The Morgan fingerprint density at radius 1 is 1.15 bits per heavy atom. The third-order valence-electron chi connectivity index (χ3n) is 3.46. The van der Waals surface area contributed by atoms with Crippen molar-refractivity contribution in [2.24, 2.45) is 0 Å². The number of hydrogen-bond donors (Lipinski definition) is 2. The van der Waals surface area contributed by atoms with Crippen LogP contribution in [0, 0.1) is 0 Å². The monoisotopic (exact) mass is 292 g/mol. The van der Waals surface area contributed by atoms with Crippen LogP contribution in [-0.4, -0.2) is 41.8 Å². The summed E-state index contributed by atoms with van der Waals surface area (Å²) >= 11 is 1.52. The number of rotatable bonds is 3. The predicted molar refractivity (Wildman–Crippen MR) is 74.9 cm³/mol. The quantitative estimate of drug-likeness (QED) is 0.897. The Morgan fingerprint density at radius 2 is 1.90 bits per heavy atom. The van der Waals surface area contributed by atoms with Crippen LogP contribution in [0.3, 0.4) is 0 Å². The second kappa shape index (κ2) is 5.80. The first kappa shape index (κ1) is 13.4. The van der Waals surface area contributed by atoms with E-state index in [0.717, 1.165) is 31.4 Å². The molecule has 0 bridgehead atoms.